The fourth-order valence-electron chi connectivity index (χ4n) is 2.12. The van der Waals surface area contributed by atoms with Gasteiger partial charge in [0, 0.05) is 11.6 Å². The highest BCUT2D eigenvalue weighted by Crippen LogP contribution is 2.28. The maximum atomic E-state index is 5.81. The first-order chi connectivity index (χ1) is 11.3. The van der Waals surface area contributed by atoms with E-state index in [4.69, 9.17) is 37.1 Å². The molecule has 0 radical (unpaired) electrons. The molecular weight excluding hydrogens is 337 g/mol. The summed E-state index contributed by atoms with van der Waals surface area (Å²) >= 11 is 11.2. The Kier molecular flexibility index (Phi) is 5.26. The van der Waals surface area contributed by atoms with Crippen LogP contribution in [-0.4, -0.2) is 30.0 Å². The second-order valence-electron chi connectivity index (χ2n) is 4.75. The van der Waals surface area contributed by atoms with Crippen molar-refractivity contribution in [3.8, 4) is 23.0 Å². The lowest BCUT2D eigenvalue weighted by Gasteiger charge is -2.03. The highest BCUT2D eigenvalue weighted by molar-refractivity contribution is 6.18. The van der Waals surface area contributed by atoms with E-state index in [1.807, 2.05) is 42.5 Å². The molecule has 0 saturated carbocycles. The van der Waals surface area contributed by atoms with E-state index < -0.39 is 0 Å². The number of aromatic nitrogens is 1. The summed E-state index contributed by atoms with van der Waals surface area (Å²) in [4.78, 5) is 4.49. The summed E-state index contributed by atoms with van der Waals surface area (Å²) in [5.41, 5.74) is 2.33. The van der Waals surface area contributed by atoms with Crippen LogP contribution >= 0.6 is 23.2 Å². The van der Waals surface area contributed by atoms with Crippen molar-refractivity contribution in [2.24, 2.45) is 0 Å². The van der Waals surface area contributed by atoms with Crippen molar-refractivity contribution in [1.82, 2.24) is 4.98 Å². The largest absolute Gasteiger partial charge is 0.492 e. The monoisotopic (exact) mass is 351 g/mol. The summed E-state index contributed by atoms with van der Waals surface area (Å²) in [5.74, 6) is 2.94. The molecule has 0 N–H and O–H groups in total. The predicted molar refractivity (Wildman–Crippen MR) is 91.9 cm³/mol. The van der Waals surface area contributed by atoms with Crippen molar-refractivity contribution in [3.05, 3.63) is 42.5 Å². The predicted octanol–water partition coefficient (Wildman–Crippen LogP) is 4.73. The van der Waals surface area contributed by atoms with Crippen molar-refractivity contribution < 1.29 is 13.9 Å². The standard InChI is InChI=1S/C17H15Cl2NO3/c18-7-9-21-13-3-1-12(2-4-13)17-20-15-6-5-14(22-10-8-19)11-16(15)23-17/h1-6,11H,7-10H2. The Morgan fingerprint density at radius 2 is 1.52 bits per heavy atom. The van der Waals surface area contributed by atoms with Gasteiger partial charge in [0.05, 0.1) is 11.8 Å². The number of halogens is 2. The van der Waals surface area contributed by atoms with Gasteiger partial charge in [0.2, 0.25) is 5.89 Å². The summed E-state index contributed by atoms with van der Waals surface area (Å²) in [6.45, 7) is 0.937. The third-order valence-corrected chi connectivity index (χ3v) is 3.46. The SMILES string of the molecule is ClCCOc1ccc(-c2nc3ccc(OCCCl)cc3o2)cc1. The molecule has 4 nitrogen and oxygen atoms in total. The van der Waals surface area contributed by atoms with Gasteiger partial charge in [-0.05, 0) is 36.4 Å². The highest BCUT2D eigenvalue weighted by Gasteiger charge is 2.09. The Bertz CT molecular complexity index is 771. The number of fused-ring (bicyclic) bond motifs is 1. The number of benzene rings is 2. The maximum Gasteiger partial charge on any atom is 0.227 e. The number of ether oxygens (including phenoxy) is 2. The van der Waals surface area contributed by atoms with E-state index in [0.29, 0.717) is 42.2 Å². The molecule has 0 aliphatic heterocycles. The van der Waals surface area contributed by atoms with Crippen LogP contribution in [-0.2, 0) is 0 Å². The molecule has 120 valence electrons. The average Bonchev–Trinajstić information content (AvgIpc) is 3.01. The minimum Gasteiger partial charge on any atom is -0.492 e. The molecule has 3 aromatic rings. The van der Waals surface area contributed by atoms with Crippen LogP contribution in [0.2, 0.25) is 0 Å². The summed E-state index contributed by atoms with van der Waals surface area (Å²) in [7, 11) is 0. The van der Waals surface area contributed by atoms with Gasteiger partial charge in [-0.2, -0.15) is 0 Å². The quantitative estimate of drug-likeness (QED) is 0.577. The van der Waals surface area contributed by atoms with Crippen molar-refractivity contribution in [3.63, 3.8) is 0 Å². The van der Waals surface area contributed by atoms with Crippen LogP contribution in [0, 0.1) is 0 Å². The van der Waals surface area contributed by atoms with Gasteiger partial charge in [-0.3, -0.25) is 0 Å². The molecule has 0 unspecified atom stereocenters. The van der Waals surface area contributed by atoms with Crippen LogP contribution in [0.1, 0.15) is 0 Å². The van der Waals surface area contributed by atoms with Crippen molar-refractivity contribution >= 4 is 34.3 Å². The van der Waals surface area contributed by atoms with Gasteiger partial charge in [-0.1, -0.05) is 0 Å². The summed E-state index contributed by atoms with van der Waals surface area (Å²) in [6, 6.07) is 13.1. The summed E-state index contributed by atoms with van der Waals surface area (Å²) in [6.07, 6.45) is 0. The molecule has 0 saturated heterocycles. The Balaban J connectivity index is 1.82. The molecule has 2 aromatic carbocycles. The van der Waals surface area contributed by atoms with Gasteiger partial charge >= 0.3 is 0 Å². The number of hydrogen-bond donors (Lipinski definition) is 0. The fourth-order valence-corrected chi connectivity index (χ4v) is 2.28. The second-order valence-corrected chi connectivity index (χ2v) is 5.50. The lowest BCUT2D eigenvalue weighted by molar-refractivity contribution is 0.343. The third kappa shape index (κ3) is 3.89. The lowest BCUT2D eigenvalue weighted by Crippen LogP contribution is -1.97. The molecule has 3 rings (SSSR count). The summed E-state index contributed by atoms with van der Waals surface area (Å²) in [5, 5.41) is 0. The smallest absolute Gasteiger partial charge is 0.227 e. The van der Waals surface area contributed by atoms with Crippen LogP contribution in [0.3, 0.4) is 0 Å². The first-order valence-corrected chi connectivity index (χ1v) is 8.25. The van der Waals surface area contributed by atoms with Crippen LogP contribution in [0.25, 0.3) is 22.6 Å². The molecule has 1 heterocycles. The van der Waals surface area contributed by atoms with Gasteiger partial charge < -0.3 is 13.9 Å². The van der Waals surface area contributed by atoms with Gasteiger partial charge in [0.1, 0.15) is 30.2 Å². The van der Waals surface area contributed by atoms with Gasteiger partial charge in [-0.25, -0.2) is 4.98 Å². The lowest BCUT2D eigenvalue weighted by atomic mass is 10.2. The molecule has 0 spiro atoms. The molecule has 23 heavy (non-hydrogen) atoms. The van der Waals surface area contributed by atoms with Gasteiger partial charge in [-0.15, -0.1) is 23.2 Å². The molecule has 0 fully saturated rings. The molecule has 6 heteroatoms. The third-order valence-electron chi connectivity index (χ3n) is 3.15. The van der Waals surface area contributed by atoms with Crippen LogP contribution < -0.4 is 9.47 Å². The Hall–Kier alpha value is -1.91. The summed E-state index contributed by atoms with van der Waals surface area (Å²) < 4.78 is 16.7. The number of alkyl halides is 2. The van der Waals surface area contributed by atoms with Crippen LogP contribution in [0.5, 0.6) is 11.5 Å². The topological polar surface area (TPSA) is 44.5 Å². The second kappa shape index (κ2) is 7.57. The molecule has 0 aliphatic carbocycles. The fraction of sp³-hybridized carbons (Fsp3) is 0.235. The highest BCUT2D eigenvalue weighted by atomic mass is 35.5. The van der Waals surface area contributed by atoms with Crippen molar-refractivity contribution in [1.29, 1.82) is 0 Å². The molecule has 0 bridgehead atoms. The zero-order chi connectivity index (χ0) is 16.1. The number of rotatable bonds is 7. The number of hydrogen-bond acceptors (Lipinski definition) is 4. The van der Waals surface area contributed by atoms with Crippen molar-refractivity contribution in [2.45, 2.75) is 0 Å². The van der Waals surface area contributed by atoms with Gasteiger partial charge in [0.25, 0.3) is 0 Å². The molecule has 0 aliphatic rings. The van der Waals surface area contributed by atoms with E-state index in [1.165, 1.54) is 0 Å². The Morgan fingerprint density at radius 1 is 0.870 bits per heavy atom. The maximum absolute atomic E-state index is 5.81. The minimum atomic E-state index is 0.442. The number of oxazole rings is 1. The van der Waals surface area contributed by atoms with Gasteiger partial charge in [0.15, 0.2) is 5.58 Å². The Morgan fingerprint density at radius 3 is 2.22 bits per heavy atom. The average molecular weight is 352 g/mol. The van der Waals surface area contributed by atoms with E-state index in [-0.39, 0.29) is 0 Å². The zero-order valence-electron chi connectivity index (χ0n) is 12.3. The van der Waals surface area contributed by atoms with E-state index >= 15 is 0 Å². The normalized spacial score (nSPS) is 10.9. The van der Waals surface area contributed by atoms with Crippen LogP contribution in [0.4, 0.5) is 0 Å². The van der Waals surface area contributed by atoms with E-state index in [2.05, 4.69) is 4.98 Å². The first kappa shape index (κ1) is 16.0. The molecule has 0 amide bonds. The molecular formula is C17H15Cl2NO3. The molecule has 1 aromatic heterocycles. The Labute approximate surface area is 143 Å². The van der Waals surface area contributed by atoms with Crippen molar-refractivity contribution in [2.75, 3.05) is 25.0 Å². The van der Waals surface area contributed by atoms with E-state index in [9.17, 15) is 0 Å². The minimum absolute atomic E-state index is 0.442. The first-order valence-electron chi connectivity index (χ1n) is 7.18. The molecule has 0 atom stereocenters. The zero-order valence-corrected chi connectivity index (χ0v) is 13.8. The van der Waals surface area contributed by atoms with E-state index in [0.717, 1.165) is 16.8 Å². The number of nitrogens with zero attached hydrogens (tertiary/aromatic N) is 1. The van der Waals surface area contributed by atoms with E-state index in [1.54, 1.807) is 0 Å². The van der Waals surface area contributed by atoms with Crippen LogP contribution in [0.15, 0.2) is 46.9 Å².